The van der Waals surface area contributed by atoms with Crippen molar-refractivity contribution in [2.24, 2.45) is 0 Å². The fourth-order valence-electron chi connectivity index (χ4n) is 2.20. The second kappa shape index (κ2) is 7.68. The third-order valence-electron chi connectivity index (χ3n) is 3.34. The van der Waals surface area contributed by atoms with Crippen molar-refractivity contribution in [1.29, 1.82) is 0 Å². The summed E-state index contributed by atoms with van der Waals surface area (Å²) < 4.78 is 15.0. The third kappa shape index (κ3) is 4.27. The van der Waals surface area contributed by atoms with Gasteiger partial charge < -0.3 is 9.72 Å². The highest BCUT2D eigenvalue weighted by molar-refractivity contribution is 7.98. The van der Waals surface area contributed by atoms with Gasteiger partial charge in [-0.2, -0.15) is 11.8 Å². The van der Waals surface area contributed by atoms with Crippen LogP contribution in [-0.4, -0.2) is 21.0 Å². The molecule has 0 radical (unpaired) electrons. The van der Waals surface area contributed by atoms with E-state index in [2.05, 4.69) is 10.3 Å². The molecule has 0 aliphatic heterocycles. The number of nitrogens with one attached hydrogen (secondary N) is 1. The van der Waals surface area contributed by atoms with E-state index in [9.17, 15) is 9.18 Å². The average molecular weight is 364 g/mol. The van der Waals surface area contributed by atoms with E-state index < -0.39 is 5.82 Å². The first-order valence-electron chi connectivity index (χ1n) is 7.37. The monoisotopic (exact) mass is 363 g/mol. The number of aromatic nitrogens is 2. The third-order valence-corrected chi connectivity index (χ3v) is 4.62. The normalized spacial score (nSPS) is 10.9. The van der Waals surface area contributed by atoms with Crippen LogP contribution >= 0.6 is 23.4 Å². The largest absolute Gasteiger partial charge is 0.326 e. The molecule has 1 aromatic carbocycles. The van der Waals surface area contributed by atoms with E-state index in [1.54, 1.807) is 11.8 Å². The number of hydrogen-bond acceptors (Lipinski definition) is 3. The molecule has 3 aromatic rings. The molecule has 124 valence electrons. The first-order chi connectivity index (χ1) is 11.6. The molecular formula is C17H15ClFN3OS. The standard InChI is InChI=1S/C17H15ClFN3OS/c18-14-9-12(4-5-15(14)19)21-17(23)6-8-24-11-13-10-22-7-2-1-3-16(22)20-13/h1-5,7,9-10H,6,8,11H2,(H,21,23). The van der Waals surface area contributed by atoms with Crippen LogP contribution in [0.15, 0.2) is 48.8 Å². The summed E-state index contributed by atoms with van der Waals surface area (Å²) in [6, 6.07) is 9.98. The summed E-state index contributed by atoms with van der Waals surface area (Å²) in [4.78, 5) is 16.4. The number of hydrogen-bond donors (Lipinski definition) is 1. The maximum Gasteiger partial charge on any atom is 0.225 e. The minimum atomic E-state index is -0.502. The summed E-state index contributed by atoms with van der Waals surface area (Å²) in [6.07, 6.45) is 4.31. The lowest BCUT2D eigenvalue weighted by molar-refractivity contribution is -0.115. The molecule has 0 atom stereocenters. The maximum atomic E-state index is 13.1. The number of imidazole rings is 1. The molecule has 3 rings (SSSR count). The van der Waals surface area contributed by atoms with Crippen LogP contribution in [0.1, 0.15) is 12.1 Å². The van der Waals surface area contributed by atoms with Crippen LogP contribution in [0.25, 0.3) is 5.65 Å². The lowest BCUT2D eigenvalue weighted by Crippen LogP contribution is -2.12. The Balaban J connectivity index is 1.44. The molecule has 0 aliphatic carbocycles. The molecule has 7 heteroatoms. The van der Waals surface area contributed by atoms with Crippen molar-refractivity contribution >= 4 is 40.6 Å². The zero-order chi connectivity index (χ0) is 16.9. The number of fused-ring (bicyclic) bond motifs is 1. The van der Waals surface area contributed by atoms with Crippen molar-refractivity contribution in [3.05, 3.63) is 65.3 Å². The topological polar surface area (TPSA) is 46.4 Å². The summed E-state index contributed by atoms with van der Waals surface area (Å²) in [6.45, 7) is 0. The van der Waals surface area contributed by atoms with Gasteiger partial charge in [-0.15, -0.1) is 0 Å². The fourth-order valence-corrected chi connectivity index (χ4v) is 3.20. The molecule has 0 bridgehead atoms. The van der Waals surface area contributed by atoms with Gasteiger partial charge in [0.15, 0.2) is 0 Å². The van der Waals surface area contributed by atoms with Crippen LogP contribution in [0.2, 0.25) is 5.02 Å². The molecule has 1 amide bonds. The van der Waals surface area contributed by atoms with Gasteiger partial charge in [-0.3, -0.25) is 4.79 Å². The van der Waals surface area contributed by atoms with Crippen molar-refractivity contribution in [3.63, 3.8) is 0 Å². The maximum absolute atomic E-state index is 13.1. The summed E-state index contributed by atoms with van der Waals surface area (Å²) in [5.74, 6) is 0.796. The molecule has 0 saturated heterocycles. The molecular weight excluding hydrogens is 349 g/mol. The fraction of sp³-hybridized carbons (Fsp3) is 0.176. The number of rotatable bonds is 6. The van der Waals surface area contributed by atoms with Gasteiger partial charge in [0.2, 0.25) is 5.91 Å². The molecule has 0 saturated carbocycles. The van der Waals surface area contributed by atoms with E-state index in [0.717, 1.165) is 17.1 Å². The zero-order valence-corrected chi connectivity index (χ0v) is 14.3. The van der Waals surface area contributed by atoms with E-state index in [-0.39, 0.29) is 10.9 Å². The predicted molar refractivity (Wildman–Crippen MR) is 96.0 cm³/mol. The number of carbonyl (C=O) groups excluding carboxylic acids is 1. The summed E-state index contributed by atoms with van der Waals surface area (Å²) >= 11 is 7.33. The number of thioether (sulfide) groups is 1. The predicted octanol–water partition coefficient (Wildman–Crippen LogP) is 4.39. The van der Waals surface area contributed by atoms with Gasteiger partial charge in [0.1, 0.15) is 11.5 Å². The first-order valence-corrected chi connectivity index (χ1v) is 8.90. The van der Waals surface area contributed by atoms with Crippen LogP contribution < -0.4 is 5.32 Å². The van der Waals surface area contributed by atoms with Gasteiger partial charge >= 0.3 is 0 Å². The van der Waals surface area contributed by atoms with Crippen molar-refractivity contribution < 1.29 is 9.18 Å². The minimum Gasteiger partial charge on any atom is -0.326 e. The Morgan fingerprint density at radius 2 is 2.21 bits per heavy atom. The molecule has 24 heavy (non-hydrogen) atoms. The Bertz CT molecular complexity index is 835. The Kier molecular flexibility index (Phi) is 5.37. The number of halogens is 2. The van der Waals surface area contributed by atoms with Crippen molar-refractivity contribution in [1.82, 2.24) is 9.38 Å². The van der Waals surface area contributed by atoms with Gasteiger partial charge in [0.25, 0.3) is 0 Å². The summed E-state index contributed by atoms with van der Waals surface area (Å²) in [7, 11) is 0. The van der Waals surface area contributed by atoms with E-state index in [4.69, 9.17) is 11.6 Å². The Morgan fingerprint density at radius 3 is 3.00 bits per heavy atom. The highest BCUT2D eigenvalue weighted by Crippen LogP contribution is 2.20. The minimum absolute atomic E-state index is 0.00553. The van der Waals surface area contributed by atoms with Gasteiger partial charge in [0, 0.05) is 36.0 Å². The van der Waals surface area contributed by atoms with Crippen LogP contribution in [0.3, 0.4) is 0 Å². The van der Waals surface area contributed by atoms with Crippen molar-refractivity contribution in [2.45, 2.75) is 12.2 Å². The lowest BCUT2D eigenvalue weighted by atomic mass is 10.3. The highest BCUT2D eigenvalue weighted by Gasteiger charge is 2.06. The van der Waals surface area contributed by atoms with Gasteiger partial charge in [-0.25, -0.2) is 9.37 Å². The molecule has 0 unspecified atom stereocenters. The quantitative estimate of drug-likeness (QED) is 0.661. The second-order valence-electron chi connectivity index (χ2n) is 5.18. The Morgan fingerprint density at radius 1 is 1.33 bits per heavy atom. The molecule has 0 aliphatic rings. The SMILES string of the molecule is O=C(CCSCc1cn2ccccc2n1)Nc1ccc(F)c(Cl)c1. The number of nitrogens with zero attached hydrogens (tertiary/aromatic N) is 2. The van der Waals surface area contributed by atoms with Crippen molar-refractivity contribution in [3.8, 4) is 0 Å². The molecule has 0 spiro atoms. The molecule has 0 fully saturated rings. The van der Waals surface area contributed by atoms with Crippen LogP contribution in [0, 0.1) is 5.82 Å². The number of carbonyl (C=O) groups is 1. The van der Waals surface area contributed by atoms with E-state index in [0.29, 0.717) is 17.9 Å². The summed E-state index contributed by atoms with van der Waals surface area (Å²) in [5.41, 5.74) is 2.40. The van der Waals surface area contributed by atoms with Crippen molar-refractivity contribution in [2.75, 3.05) is 11.1 Å². The van der Waals surface area contributed by atoms with Crippen LogP contribution in [0.5, 0.6) is 0 Å². The van der Waals surface area contributed by atoms with Gasteiger partial charge in [-0.1, -0.05) is 17.7 Å². The average Bonchev–Trinajstić information content (AvgIpc) is 2.98. The van der Waals surface area contributed by atoms with E-state index in [1.165, 1.54) is 18.2 Å². The second-order valence-corrected chi connectivity index (χ2v) is 6.69. The summed E-state index contributed by atoms with van der Waals surface area (Å²) in [5, 5.41) is 2.70. The van der Waals surface area contributed by atoms with Gasteiger partial charge in [0.05, 0.1) is 10.7 Å². The van der Waals surface area contributed by atoms with Crippen LogP contribution in [0.4, 0.5) is 10.1 Å². The van der Waals surface area contributed by atoms with E-state index >= 15 is 0 Å². The number of pyridine rings is 1. The van der Waals surface area contributed by atoms with Crippen LogP contribution in [-0.2, 0) is 10.5 Å². The number of benzene rings is 1. The molecule has 2 aromatic heterocycles. The first kappa shape index (κ1) is 16.8. The molecule has 4 nitrogen and oxygen atoms in total. The number of anilines is 1. The van der Waals surface area contributed by atoms with Gasteiger partial charge in [-0.05, 0) is 30.3 Å². The van der Waals surface area contributed by atoms with E-state index in [1.807, 2.05) is 35.0 Å². The lowest BCUT2D eigenvalue weighted by Gasteiger charge is -2.05. The molecule has 2 heterocycles. The highest BCUT2D eigenvalue weighted by atomic mass is 35.5. The molecule has 1 N–H and O–H groups in total. The zero-order valence-electron chi connectivity index (χ0n) is 12.7. The Hall–Kier alpha value is -2.05. The number of amides is 1. The smallest absolute Gasteiger partial charge is 0.225 e. The Labute approximate surface area is 148 Å².